The number of carbonyl (C=O) groups is 2. The second-order valence-corrected chi connectivity index (χ2v) is 12.7. The SMILES string of the molecule is Cc1ccc(-c2cc(C(F)(F)F)nn2-c2ccc(S(=O)(=O)NC(=O)CCN(C)[N+]([O-])=NOC(C)OC(=O)C(C)(C)C)cc2)cc1. The summed E-state index contributed by atoms with van der Waals surface area (Å²) in [4.78, 5) is 28.7. The summed E-state index contributed by atoms with van der Waals surface area (Å²) in [6.45, 7) is 7.81. The van der Waals surface area contributed by atoms with Crippen molar-refractivity contribution in [1.82, 2.24) is 19.5 Å². The predicted octanol–water partition coefficient (Wildman–Crippen LogP) is 4.74. The Kier molecular flexibility index (Phi) is 10.5. The number of sulfonamides is 1. The number of benzene rings is 2. The summed E-state index contributed by atoms with van der Waals surface area (Å²) in [7, 11) is -3.11. The van der Waals surface area contributed by atoms with Crippen molar-refractivity contribution in [2.75, 3.05) is 13.6 Å². The second-order valence-electron chi connectivity index (χ2n) is 11.0. The minimum Gasteiger partial charge on any atom is -0.569 e. The van der Waals surface area contributed by atoms with E-state index in [9.17, 15) is 36.4 Å². The number of amides is 1. The van der Waals surface area contributed by atoms with Gasteiger partial charge in [-0.2, -0.15) is 18.3 Å². The van der Waals surface area contributed by atoms with Gasteiger partial charge in [0.2, 0.25) is 11.2 Å². The maximum Gasteiger partial charge on any atom is 0.435 e. The molecule has 1 amide bonds. The van der Waals surface area contributed by atoms with Crippen LogP contribution in [-0.2, 0) is 35.4 Å². The van der Waals surface area contributed by atoms with Crippen molar-refractivity contribution in [3.05, 3.63) is 71.1 Å². The van der Waals surface area contributed by atoms with E-state index in [1.54, 1.807) is 45.0 Å². The number of esters is 1. The first-order valence-corrected chi connectivity index (χ1v) is 14.9. The van der Waals surface area contributed by atoms with Crippen molar-refractivity contribution in [3.63, 3.8) is 0 Å². The molecule has 0 saturated carbocycles. The number of hydrazine groups is 1. The molecule has 2 aromatic carbocycles. The molecule has 0 aliphatic carbocycles. The fourth-order valence-corrected chi connectivity index (χ4v) is 4.55. The van der Waals surface area contributed by atoms with E-state index in [2.05, 4.69) is 10.4 Å². The molecule has 0 spiro atoms. The lowest BCUT2D eigenvalue weighted by atomic mass is 9.97. The van der Waals surface area contributed by atoms with Crippen molar-refractivity contribution in [1.29, 1.82) is 0 Å². The maximum atomic E-state index is 13.5. The fraction of sp³-hybridized carbons (Fsp3) is 0.393. The molecule has 0 bridgehead atoms. The summed E-state index contributed by atoms with van der Waals surface area (Å²) in [5.41, 5.74) is -0.262. The van der Waals surface area contributed by atoms with Crippen LogP contribution in [0.4, 0.5) is 13.2 Å². The molecule has 3 aromatic rings. The van der Waals surface area contributed by atoms with Crippen LogP contribution in [0.1, 0.15) is 45.4 Å². The van der Waals surface area contributed by atoms with Gasteiger partial charge in [0.05, 0.1) is 46.7 Å². The van der Waals surface area contributed by atoms with E-state index in [1.807, 2.05) is 11.6 Å². The van der Waals surface area contributed by atoms with Crippen molar-refractivity contribution in [3.8, 4) is 16.9 Å². The first kappa shape index (κ1) is 34.8. The Hall–Kier alpha value is -4.67. The first-order valence-electron chi connectivity index (χ1n) is 13.4. The number of alkyl halides is 3. The van der Waals surface area contributed by atoms with Gasteiger partial charge in [0.1, 0.15) is 0 Å². The standard InChI is InChI=1S/C28H33F3N6O7S/c1-18-7-9-20(10-8-18)23-17-24(28(29,30)31)32-36(23)21-11-13-22(14-12-21)45(41,42)33-25(38)15-16-35(6)37(40)34-44-19(2)43-26(39)27(3,4)5/h7-14,17,19H,15-16H2,1-6H3,(H,33,38). The molecule has 0 aliphatic heterocycles. The van der Waals surface area contributed by atoms with Crippen LogP contribution in [-0.4, -0.2) is 59.9 Å². The first-order chi connectivity index (χ1) is 20.8. The van der Waals surface area contributed by atoms with Crippen LogP contribution in [0.15, 0.2) is 64.8 Å². The van der Waals surface area contributed by atoms with Crippen LogP contribution in [0.25, 0.3) is 16.9 Å². The molecule has 3 rings (SSSR count). The van der Waals surface area contributed by atoms with E-state index in [-0.39, 0.29) is 27.8 Å². The predicted molar refractivity (Wildman–Crippen MR) is 153 cm³/mol. The normalized spacial score (nSPS) is 13.2. The van der Waals surface area contributed by atoms with Gasteiger partial charge in [-0.3, -0.25) is 14.4 Å². The number of aryl methyl sites for hydroxylation is 1. The number of nitrogens with zero attached hydrogens (tertiary/aromatic N) is 5. The maximum absolute atomic E-state index is 13.5. The van der Waals surface area contributed by atoms with Gasteiger partial charge in [-0.25, -0.2) is 17.8 Å². The van der Waals surface area contributed by atoms with Gasteiger partial charge >= 0.3 is 12.1 Å². The van der Waals surface area contributed by atoms with Crippen LogP contribution in [0.3, 0.4) is 0 Å². The Morgan fingerprint density at radius 2 is 1.71 bits per heavy atom. The summed E-state index contributed by atoms with van der Waals surface area (Å²) in [5, 5.41) is 19.9. The molecule has 0 fully saturated rings. The van der Waals surface area contributed by atoms with E-state index in [1.165, 1.54) is 26.1 Å². The lowest BCUT2D eigenvalue weighted by molar-refractivity contribution is -0.707. The average molecular weight is 655 g/mol. The molecule has 244 valence electrons. The molecular weight excluding hydrogens is 621 g/mol. The summed E-state index contributed by atoms with van der Waals surface area (Å²) < 4.78 is 73.9. The molecule has 1 heterocycles. The number of hydrogen-bond donors (Lipinski definition) is 1. The van der Waals surface area contributed by atoms with Gasteiger partial charge in [-0.05, 0) is 58.0 Å². The Balaban J connectivity index is 1.65. The summed E-state index contributed by atoms with van der Waals surface area (Å²) in [6, 6.07) is 12.4. The minimum absolute atomic E-state index is 0.00766. The number of carbonyl (C=O) groups excluding carboxylic acids is 2. The Morgan fingerprint density at radius 3 is 2.27 bits per heavy atom. The minimum atomic E-state index is -4.71. The highest BCUT2D eigenvalue weighted by Crippen LogP contribution is 2.33. The van der Waals surface area contributed by atoms with Crippen molar-refractivity contribution in [2.45, 2.75) is 58.4 Å². The van der Waals surface area contributed by atoms with Crippen molar-refractivity contribution < 1.29 is 45.7 Å². The zero-order chi connectivity index (χ0) is 33.7. The molecule has 0 saturated heterocycles. The van der Waals surface area contributed by atoms with Gasteiger partial charge in [0.25, 0.3) is 16.3 Å². The molecule has 13 nitrogen and oxygen atoms in total. The van der Waals surface area contributed by atoms with Crippen LogP contribution < -0.4 is 4.72 Å². The summed E-state index contributed by atoms with van der Waals surface area (Å²) >= 11 is 0. The topological polar surface area (TPSA) is 158 Å². The molecule has 45 heavy (non-hydrogen) atoms. The molecule has 1 unspecified atom stereocenters. The molecule has 1 N–H and O–H groups in total. The lowest BCUT2D eigenvalue weighted by Crippen LogP contribution is -2.35. The Labute approximate surface area is 257 Å². The smallest absolute Gasteiger partial charge is 0.435 e. The van der Waals surface area contributed by atoms with Gasteiger partial charge in [-0.1, -0.05) is 29.8 Å². The molecule has 0 radical (unpaired) electrons. The van der Waals surface area contributed by atoms with Crippen LogP contribution in [0.5, 0.6) is 0 Å². The van der Waals surface area contributed by atoms with E-state index in [4.69, 9.17) is 9.57 Å². The number of nitrogens with one attached hydrogen (secondary N) is 1. The van der Waals surface area contributed by atoms with Crippen LogP contribution in [0, 0.1) is 17.5 Å². The zero-order valence-corrected chi connectivity index (χ0v) is 26.1. The van der Waals surface area contributed by atoms with Crippen molar-refractivity contribution in [2.24, 2.45) is 10.7 Å². The van der Waals surface area contributed by atoms with E-state index < -0.39 is 51.9 Å². The third-order valence-corrected chi connectivity index (χ3v) is 7.48. The third-order valence-electron chi connectivity index (χ3n) is 6.09. The molecule has 1 aromatic heterocycles. The molecule has 17 heteroatoms. The summed E-state index contributed by atoms with van der Waals surface area (Å²) in [5.74, 6) is -1.52. The highest BCUT2D eigenvalue weighted by Gasteiger charge is 2.35. The van der Waals surface area contributed by atoms with Gasteiger partial charge in [-0.15, -0.1) is 5.01 Å². The number of halogens is 3. The zero-order valence-electron chi connectivity index (χ0n) is 25.3. The van der Waals surface area contributed by atoms with E-state index in [0.717, 1.165) is 33.5 Å². The van der Waals surface area contributed by atoms with Gasteiger partial charge in [0, 0.05) is 12.5 Å². The number of rotatable bonds is 11. The lowest BCUT2D eigenvalue weighted by Gasteiger charge is -2.19. The van der Waals surface area contributed by atoms with E-state index >= 15 is 0 Å². The highest BCUT2D eigenvalue weighted by atomic mass is 32.2. The monoisotopic (exact) mass is 654 g/mol. The number of hydrogen-bond acceptors (Lipinski definition) is 9. The Morgan fingerprint density at radius 1 is 1.11 bits per heavy atom. The van der Waals surface area contributed by atoms with Crippen LogP contribution >= 0.6 is 0 Å². The highest BCUT2D eigenvalue weighted by molar-refractivity contribution is 7.90. The van der Waals surface area contributed by atoms with Gasteiger partial charge in [0.15, 0.2) is 5.69 Å². The van der Waals surface area contributed by atoms with Gasteiger partial charge < -0.3 is 9.94 Å². The average Bonchev–Trinajstić information content (AvgIpc) is 3.41. The van der Waals surface area contributed by atoms with Crippen LogP contribution in [0.2, 0.25) is 0 Å². The summed E-state index contributed by atoms with van der Waals surface area (Å²) in [6.07, 6.45) is -6.32. The number of aromatic nitrogens is 2. The quantitative estimate of drug-likeness (QED) is 0.101. The largest absolute Gasteiger partial charge is 0.569 e. The Bertz CT molecular complexity index is 1650. The van der Waals surface area contributed by atoms with Crippen molar-refractivity contribution >= 4 is 21.9 Å². The van der Waals surface area contributed by atoms with E-state index in [0.29, 0.717) is 5.56 Å². The molecular formula is C28H33F3N6O7S. The number of ether oxygens (including phenoxy) is 1. The molecule has 1 atom stereocenters. The fourth-order valence-electron chi connectivity index (χ4n) is 3.54. The second kappa shape index (κ2) is 13.5. The molecule has 0 aliphatic rings. The third kappa shape index (κ3) is 9.41.